The summed E-state index contributed by atoms with van der Waals surface area (Å²) in [5.41, 5.74) is 2.44. The summed E-state index contributed by atoms with van der Waals surface area (Å²) >= 11 is 0. The molecule has 1 aliphatic rings. The number of benzene rings is 2. The highest BCUT2D eigenvalue weighted by Crippen LogP contribution is 2.34. The van der Waals surface area contributed by atoms with Crippen LogP contribution >= 0.6 is 0 Å². The molecular formula is C22H21FN2O3. The van der Waals surface area contributed by atoms with Crippen molar-refractivity contribution in [1.82, 2.24) is 9.78 Å². The Hall–Kier alpha value is -3.15. The van der Waals surface area contributed by atoms with Crippen LogP contribution in [-0.4, -0.2) is 24.0 Å². The fourth-order valence-electron chi connectivity index (χ4n) is 3.18. The molecule has 144 valence electrons. The highest BCUT2D eigenvalue weighted by Gasteiger charge is 2.24. The summed E-state index contributed by atoms with van der Waals surface area (Å²) in [5, 5.41) is 4.64. The van der Waals surface area contributed by atoms with Crippen LogP contribution in [0.15, 0.2) is 53.3 Å². The molecule has 0 saturated heterocycles. The fraction of sp³-hybridized carbons (Fsp3) is 0.273. The van der Waals surface area contributed by atoms with Gasteiger partial charge in [0, 0.05) is 23.7 Å². The van der Waals surface area contributed by atoms with Gasteiger partial charge in [-0.15, -0.1) is 0 Å². The number of hydrogen-bond acceptors (Lipinski definition) is 4. The smallest absolute Gasteiger partial charge is 0.267 e. The third-order valence-electron chi connectivity index (χ3n) is 4.95. The molecule has 0 bridgehead atoms. The van der Waals surface area contributed by atoms with Gasteiger partial charge in [-0.1, -0.05) is 6.07 Å². The van der Waals surface area contributed by atoms with Gasteiger partial charge in [0.15, 0.2) is 11.6 Å². The average molecular weight is 380 g/mol. The van der Waals surface area contributed by atoms with Crippen LogP contribution in [0, 0.1) is 11.7 Å². The lowest BCUT2D eigenvalue weighted by Crippen LogP contribution is -2.24. The van der Waals surface area contributed by atoms with Crippen molar-refractivity contribution in [3.63, 3.8) is 0 Å². The zero-order valence-electron chi connectivity index (χ0n) is 15.8. The van der Waals surface area contributed by atoms with Crippen molar-refractivity contribution in [3.8, 4) is 33.9 Å². The minimum Gasteiger partial charge on any atom is -0.497 e. The first kappa shape index (κ1) is 18.2. The van der Waals surface area contributed by atoms with Gasteiger partial charge in [0.05, 0.1) is 19.9 Å². The summed E-state index contributed by atoms with van der Waals surface area (Å²) in [6.07, 6.45) is 2.24. The third-order valence-corrected chi connectivity index (χ3v) is 4.95. The van der Waals surface area contributed by atoms with Crippen LogP contribution in [0.2, 0.25) is 0 Å². The summed E-state index contributed by atoms with van der Waals surface area (Å²) in [7, 11) is 3.02. The van der Waals surface area contributed by atoms with Crippen molar-refractivity contribution in [2.45, 2.75) is 19.4 Å². The van der Waals surface area contributed by atoms with Crippen LogP contribution in [-0.2, 0) is 6.54 Å². The van der Waals surface area contributed by atoms with Gasteiger partial charge in [-0.05, 0) is 60.7 Å². The Morgan fingerprint density at radius 3 is 2.36 bits per heavy atom. The SMILES string of the molecule is COc1ccc(-c2nn(CC3CC3)c(=O)cc2-c2ccc(OC)c(F)c2)cc1. The van der Waals surface area contributed by atoms with Crippen LogP contribution < -0.4 is 15.0 Å². The van der Waals surface area contributed by atoms with Gasteiger partial charge in [0.25, 0.3) is 5.56 Å². The van der Waals surface area contributed by atoms with Crippen molar-refractivity contribution in [3.05, 3.63) is 64.7 Å². The second-order valence-electron chi connectivity index (χ2n) is 6.95. The number of hydrogen-bond donors (Lipinski definition) is 0. The van der Waals surface area contributed by atoms with E-state index in [0.29, 0.717) is 29.3 Å². The monoisotopic (exact) mass is 380 g/mol. The van der Waals surface area contributed by atoms with E-state index in [-0.39, 0.29) is 11.3 Å². The minimum atomic E-state index is -0.483. The van der Waals surface area contributed by atoms with Gasteiger partial charge >= 0.3 is 0 Å². The number of aromatic nitrogens is 2. The Bertz CT molecular complexity index is 1060. The van der Waals surface area contributed by atoms with Gasteiger partial charge in [-0.25, -0.2) is 9.07 Å². The maximum atomic E-state index is 14.3. The summed E-state index contributed by atoms with van der Waals surface area (Å²) in [6.45, 7) is 0.610. The highest BCUT2D eigenvalue weighted by atomic mass is 19.1. The molecule has 1 fully saturated rings. The topological polar surface area (TPSA) is 53.4 Å². The normalized spacial score (nSPS) is 13.4. The van der Waals surface area contributed by atoms with Gasteiger partial charge in [0.1, 0.15) is 5.75 Å². The molecule has 0 unspecified atom stereocenters. The van der Waals surface area contributed by atoms with E-state index in [1.807, 2.05) is 24.3 Å². The van der Waals surface area contributed by atoms with E-state index in [4.69, 9.17) is 9.47 Å². The van der Waals surface area contributed by atoms with Crippen LogP contribution in [0.4, 0.5) is 4.39 Å². The van der Waals surface area contributed by atoms with Gasteiger partial charge < -0.3 is 9.47 Å². The van der Waals surface area contributed by atoms with Crippen LogP contribution in [0.1, 0.15) is 12.8 Å². The number of rotatable bonds is 6. The van der Waals surface area contributed by atoms with Crippen LogP contribution in [0.3, 0.4) is 0 Å². The molecular weight excluding hydrogens is 359 g/mol. The zero-order chi connectivity index (χ0) is 19.7. The molecule has 0 N–H and O–H groups in total. The van der Waals surface area contributed by atoms with Crippen LogP contribution in [0.25, 0.3) is 22.4 Å². The number of ether oxygens (including phenoxy) is 2. The first-order chi connectivity index (χ1) is 13.6. The predicted molar refractivity (Wildman–Crippen MR) is 105 cm³/mol. The molecule has 2 aromatic carbocycles. The Morgan fingerprint density at radius 1 is 1.04 bits per heavy atom. The molecule has 0 atom stereocenters. The van der Waals surface area contributed by atoms with E-state index in [9.17, 15) is 9.18 Å². The molecule has 0 amide bonds. The minimum absolute atomic E-state index is 0.157. The van der Waals surface area contributed by atoms with Gasteiger partial charge in [-0.2, -0.15) is 5.10 Å². The van der Waals surface area contributed by atoms with Crippen LogP contribution in [0.5, 0.6) is 11.5 Å². The number of halogens is 1. The van der Waals surface area contributed by atoms with E-state index < -0.39 is 5.82 Å². The Balaban J connectivity index is 1.86. The maximum Gasteiger partial charge on any atom is 0.267 e. The molecule has 1 saturated carbocycles. The molecule has 4 rings (SSSR count). The lowest BCUT2D eigenvalue weighted by Gasteiger charge is -2.13. The molecule has 6 heteroatoms. The van der Waals surface area contributed by atoms with Gasteiger partial charge in [0.2, 0.25) is 0 Å². The summed E-state index contributed by atoms with van der Waals surface area (Å²) in [5.74, 6) is 0.915. The maximum absolute atomic E-state index is 14.3. The average Bonchev–Trinajstić information content (AvgIpc) is 3.53. The van der Waals surface area contributed by atoms with Gasteiger partial charge in [-0.3, -0.25) is 4.79 Å². The van der Waals surface area contributed by atoms with Crippen molar-refractivity contribution in [1.29, 1.82) is 0 Å². The summed E-state index contributed by atoms with van der Waals surface area (Å²) in [4.78, 5) is 12.6. The quantitative estimate of drug-likeness (QED) is 0.645. The molecule has 0 radical (unpaired) electrons. The first-order valence-electron chi connectivity index (χ1n) is 9.19. The van der Waals surface area contributed by atoms with Crippen molar-refractivity contribution in [2.75, 3.05) is 14.2 Å². The molecule has 5 nitrogen and oxygen atoms in total. The van der Waals surface area contributed by atoms with E-state index in [1.54, 1.807) is 19.2 Å². The number of nitrogens with zero attached hydrogens (tertiary/aromatic N) is 2. The lowest BCUT2D eigenvalue weighted by molar-refractivity contribution is 0.386. The number of methoxy groups -OCH3 is 2. The zero-order valence-corrected chi connectivity index (χ0v) is 15.8. The molecule has 28 heavy (non-hydrogen) atoms. The molecule has 1 aromatic heterocycles. The summed E-state index contributed by atoms with van der Waals surface area (Å²) < 4.78 is 26.0. The summed E-state index contributed by atoms with van der Waals surface area (Å²) in [6, 6.07) is 13.6. The molecule has 3 aromatic rings. The Labute approximate surface area is 162 Å². The highest BCUT2D eigenvalue weighted by molar-refractivity contribution is 5.80. The first-order valence-corrected chi connectivity index (χ1v) is 9.19. The standard InChI is InChI=1S/C22H21FN2O3/c1-27-17-8-5-15(6-9-17)22-18(16-7-10-20(28-2)19(23)11-16)12-21(26)25(24-22)13-14-3-4-14/h5-12,14H,3-4,13H2,1-2H3. The lowest BCUT2D eigenvalue weighted by atomic mass is 9.99. The third kappa shape index (κ3) is 3.63. The van der Waals surface area contributed by atoms with Crippen molar-refractivity contribution in [2.24, 2.45) is 5.92 Å². The van der Waals surface area contributed by atoms with E-state index >= 15 is 0 Å². The predicted octanol–water partition coefficient (Wildman–Crippen LogP) is 4.14. The second kappa shape index (κ2) is 7.46. The Kier molecular flexibility index (Phi) is 4.86. The second-order valence-corrected chi connectivity index (χ2v) is 6.95. The van der Waals surface area contributed by atoms with E-state index in [2.05, 4.69) is 5.10 Å². The van der Waals surface area contributed by atoms with E-state index in [0.717, 1.165) is 24.2 Å². The van der Waals surface area contributed by atoms with Crippen molar-refractivity contribution >= 4 is 0 Å². The molecule has 0 spiro atoms. The van der Waals surface area contributed by atoms with E-state index in [1.165, 1.54) is 23.9 Å². The largest absolute Gasteiger partial charge is 0.497 e. The molecule has 1 aliphatic carbocycles. The molecule has 1 heterocycles. The molecule has 0 aliphatic heterocycles. The fourth-order valence-corrected chi connectivity index (χ4v) is 3.18. The van der Waals surface area contributed by atoms with Crippen molar-refractivity contribution < 1.29 is 13.9 Å². The Morgan fingerprint density at radius 2 is 1.75 bits per heavy atom.